The molecule has 0 saturated heterocycles. The largest absolute Gasteiger partial charge is 0.496 e. The van der Waals surface area contributed by atoms with Crippen molar-refractivity contribution in [2.45, 2.75) is 6.92 Å². The number of amidine groups is 1. The number of hydrogen-bond acceptors (Lipinski definition) is 3. The van der Waals surface area contributed by atoms with Crippen LogP contribution in [0.25, 0.3) is 6.08 Å². The Kier molecular flexibility index (Phi) is 4.96. The summed E-state index contributed by atoms with van der Waals surface area (Å²) in [5.74, 6) is 0.316. The quantitative estimate of drug-likeness (QED) is 0.594. The third-order valence-corrected chi connectivity index (χ3v) is 4.70. The van der Waals surface area contributed by atoms with Crippen molar-refractivity contribution in [3.8, 4) is 5.75 Å². The van der Waals surface area contributed by atoms with Gasteiger partial charge < -0.3 is 4.74 Å². The molecule has 1 amide bonds. The van der Waals surface area contributed by atoms with Gasteiger partial charge in [0.2, 0.25) is 0 Å². The lowest BCUT2D eigenvalue weighted by Crippen LogP contribution is -2.32. The molecule has 1 heterocycles. The van der Waals surface area contributed by atoms with Crippen LogP contribution in [0.3, 0.4) is 0 Å². The summed E-state index contributed by atoms with van der Waals surface area (Å²) in [6, 6.07) is 21.3. The molecule has 3 aromatic rings. The van der Waals surface area contributed by atoms with Crippen molar-refractivity contribution in [3.05, 3.63) is 101 Å². The fourth-order valence-electron chi connectivity index (χ4n) is 3.20. The van der Waals surface area contributed by atoms with E-state index >= 15 is 0 Å². The molecule has 4 nitrogen and oxygen atoms in total. The van der Waals surface area contributed by atoms with Gasteiger partial charge in [0, 0.05) is 5.56 Å². The van der Waals surface area contributed by atoms with Crippen LogP contribution in [0.4, 0.5) is 10.1 Å². The highest BCUT2D eigenvalue weighted by molar-refractivity contribution is 6.33. The van der Waals surface area contributed by atoms with Crippen LogP contribution in [0.5, 0.6) is 5.75 Å². The van der Waals surface area contributed by atoms with Crippen LogP contribution in [0.1, 0.15) is 16.7 Å². The topological polar surface area (TPSA) is 41.9 Å². The summed E-state index contributed by atoms with van der Waals surface area (Å²) in [5.41, 5.74) is 2.92. The first-order chi connectivity index (χ1) is 14.1. The molecule has 3 aromatic carbocycles. The first kappa shape index (κ1) is 18.6. The van der Waals surface area contributed by atoms with Crippen molar-refractivity contribution in [2.24, 2.45) is 4.99 Å². The Morgan fingerprint density at radius 2 is 1.66 bits per heavy atom. The van der Waals surface area contributed by atoms with Gasteiger partial charge in [-0.05, 0) is 43.3 Å². The highest BCUT2D eigenvalue weighted by atomic mass is 19.1. The molecular formula is C24H19FN2O2. The first-order valence-electron chi connectivity index (χ1n) is 9.18. The van der Waals surface area contributed by atoms with Crippen molar-refractivity contribution in [1.29, 1.82) is 0 Å². The molecule has 0 spiro atoms. The summed E-state index contributed by atoms with van der Waals surface area (Å²) in [4.78, 5) is 19.4. The Bertz CT molecular complexity index is 1130. The Morgan fingerprint density at radius 3 is 2.38 bits per heavy atom. The van der Waals surface area contributed by atoms with Crippen LogP contribution >= 0.6 is 0 Å². The number of anilines is 1. The fourth-order valence-corrected chi connectivity index (χ4v) is 3.20. The SMILES string of the molecule is COc1ccccc1C1=N/C(=C/c2ccccc2F)C(=O)N1c1ccc(C)cc1. The van der Waals surface area contributed by atoms with Crippen molar-refractivity contribution in [1.82, 2.24) is 0 Å². The second-order valence-corrected chi connectivity index (χ2v) is 6.66. The molecule has 0 unspecified atom stereocenters. The number of hydrogen-bond donors (Lipinski definition) is 0. The van der Waals surface area contributed by atoms with E-state index in [9.17, 15) is 9.18 Å². The molecule has 0 atom stereocenters. The molecule has 0 aromatic heterocycles. The molecule has 0 bridgehead atoms. The van der Waals surface area contributed by atoms with Gasteiger partial charge in [0.15, 0.2) is 5.84 Å². The molecule has 0 fully saturated rings. The number of halogens is 1. The molecule has 1 aliphatic rings. The summed E-state index contributed by atoms with van der Waals surface area (Å²) < 4.78 is 19.6. The highest BCUT2D eigenvalue weighted by Crippen LogP contribution is 2.31. The number of carbonyl (C=O) groups excluding carboxylic acids is 1. The molecule has 144 valence electrons. The van der Waals surface area contributed by atoms with Crippen LogP contribution in [-0.2, 0) is 4.79 Å². The van der Waals surface area contributed by atoms with Gasteiger partial charge in [0.05, 0.1) is 18.4 Å². The van der Waals surface area contributed by atoms with E-state index in [1.165, 1.54) is 17.0 Å². The maximum Gasteiger partial charge on any atom is 0.282 e. The van der Waals surface area contributed by atoms with Crippen molar-refractivity contribution >= 4 is 23.5 Å². The average Bonchev–Trinajstić information content (AvgIpc) is 3.06. The zero-order valence-corrected chi connectivity index (χ0v) is 16.1. The number of ether oxygens (including phenoxy) is 1. The highest BCUT2D eigenvalue weighted by Gasteiger charge is 2.33. The zero-order chi connectivity index (χ0) is 20.4. The van der Waals surface area contributed by atoms with Crippen molar-refractivity contribution in [3.63, 3.8) is 0 Å². The Hall–Kier alpha value is -3.73. The predicted octanol–water partition coefficient (Wildman–Crippen LogP) is 4.98. The van der Waals surface area contributed by atoms with Crippen LogP contribution < -0.4 is 9.64 Å². The minimum absolute atomic E-state index is 0.164. The third kappa shape index (κ3) is 3.55. The van der Waals surface area contributed by atoms with Gasteiger partial charge in [-0.3, -0.25) is 9.69 Å². The fraction of sp³-hybridized carbons (Fsp3) is 0.0833. The van der Waals surface area contributed by atoms with E-state index in [2.05, 4.69) is 4.99 Å². The summed E-state index contributed by atoms with van der Waals surface area (Å²) in [6.45, 7) is 1.98. The molecule has 4 rings (SSSR count). The summed E-state index contributed by atoms with van der Waals surface area (Å²) in [7, 11) is 1.57. The van der Waals surface area contributed by atoms with E-state index < -0.39 is 5.82 Å². The zero-order valence-electron chi connectivity index (χ0n) is 16.1. The first-order valence-corrected chi connectivity index (χ1v) is 9.18. The van der Waals surface area contributed by atoms with E-state index in [1.807, 2.05) is 55.5 Å². The van der Waals surface area contributed by atoms with Gasteiger partial charge in [-0.1, -0.05) is 48.0 Å². The maximum atomic E-state index is 14.1. The van der Waals surface area contributed by atoms with Crippen LogP contribution in [0.2, 0.25) is 0 Å². The smallest absolute Gasteiger partial charge is 0.282 e. The van der Waals surface area contributed by atoms with Crippen molar-refractivity contribution in [2.75, 3.05) is 12.0 Å². The lowest BCUT2D eigenvalue weighted by atomic mass is 10.1. The molecular weight excluding hydrogens is 367 g/mol. The molecule has 1 aliphatic heterocycles. The van der Waals surface area contributed by atoms with Gasteiger partial charge >= 0.3 is 0 Å². The summed E-state index contributed by atoms with van der Waals surface area (Å²) >= 11 is 0. The van der Waals surface area contributed by atoms with E-state index in [0.29, 0.717) is 28.4 Å². The number of aliphatic imine (C=N–C) groups is 1. The lowest BCUT2D eigenvalue weighted by Gasteiger charge is -2.20. The van der Waals surface area contributed by atoms with E-state index in [0.717, 1.165) is 5.56 Å². The van der Waals surface area contributed by atoms with Gasteiger partial charge in [-0.15, -0.1) is 0 Å². The van der Waals surface area contributed by atoms with Crippen LogP contribution in [0.15, 0.2) is 83.5 Å². The predicted molar refractivity (Wildman–Crippen MR) is 113 cm³/mol. The van der Waals surface area contributed by atoms with Gasteiger partial charge in [0.1, 0.15) is 17.3 Å². The van der Waals surface area contributed by atoms with E-state index in [-0.39, 0.29) is 11.6 Å². The van der Waals surface area contributed by atoms with Gasteiger partial charge in [-0.2, -0.15) is 0 Å². The number of methoxy groups -OCH3 is 1. The van der Waals surface area contributed by atoms with Gasteiger partial charge in [-0.25, -0.2) is 9.38 Å². The monoisotopic (exact) mass is 386 g/mol. The number of amides is 1. The molecule has 0 N–H and O–H groups in total. The second-order valence-electron chi connectivity index (χ2n) is 6.66. The number of aryl methyl sites for hydroxylation is 1. The Labute approximate surface area is 168 Å². The summed E-state index contributed by atoms with van der Waals surface area (Å²) in [5, 5.41) is 0. The third-order valence-electron chi connectivity index (χ3n) is 4.70. The Balaban J connectivity index is 1.88. The standard InChI is InChI=1S/C24H19FN2O2/c1-16-11-13-18(14-12-16)27-23(19-8-4-6-10-22(19)29-2)26-21(24(27)28)15-17-7-3-5-9-20(17)25/h3-15H,1-2H3/b21-15+. The van der Waals surface area contributed by atoms with Crippen LogP contribution in [-0.4, -0.2) is 18.9 Å². The molecule has 0 saturated carbocycles. The van der Waals surface area contributed by atoms with Gasteiger partial charge in [0.25, 0.3) is 5.91 Å². The average molecular weight is 386 g/mol. The molecule has 0 radical (unpaired) electrons. The number of carbonyl (C=O) groups is 1. The van der Waals surface area contributed by atoms with E-state index in [1.54, 1.807) is 25.3 Å². The normalized spacial score (nSPS) is 15.0. The second kappa shape index (κ2) is 7.72. The number of nitrogens with zero attached hydrogens (tertiary/aromatic N) is 2. The minimum Gasteiger partial charge on any atom is -0.496 e. The number of rotatable bonds is 4. The molecule has 29 heavy (non-hydrogen) atoms. The minimum atomic E-state index is -0.407. The lowest BCUT2D eigenvalue weighted by molar-refractivity contribution is -0.113. The molecule has 5 heteroatoms. The number of benzene rings is 3. The summed E-state index contributed by atoms with van der Waals surface area (Å²) in [6.07, 6.45) is 1.47. The molecule has 0 aliphatic carbocycles. The maximum absolute atomic E-state index is 14.1. The van der Waals surface area contributed by atoms with Crippen LogP contribution in [0, 0.1) is 12.7 Å². The Morgan fingerprint density at radius 1 is 0.966 bits per heavy atom. The van der Waals surface area contributed by atoms with Crippen molar-refractivity contribution < 1.29 is 13.9 Å². The van der Waals surface area contributed by atoms with E-state index in [4.69, 9.17) is 4.74 Å². The number of para-hydroxylation sites is 1.